The normalized spacial score (nSPS) is 23.3. The predicted molar refractivity (Wildman–Crippen MR) is 152 cm³/mol. The first-order chi connectivity index (χ1) is 18.5. The molecule has 0 radical (unpaired) electrons. The molecule has 0 bridgehead atoms. The fraction of sp³-hybridized carbons (Fsp3) is 0.621. The fourth-order valence-corrected chi connectivity index (χ4v) is 5.24. The van der Waals surface area contributed by atoms with E-state index in [4.69, 9.17) is 19.9 Å². The number of hydrogen-bond donors (Lipinski definition) is 2. The molecule has 39 heavy (non-hydrogen) atoms. The Morgan fingerprint density at radius 1 is 0.821 bits per heavy atom. The van der Waals surface area contributed by atoms with Crippen molar-refractivity contribution in [2.75, 3.05) is 25.3 Å². The summed E-state index contributed by atoms with van der Waals surface area (Å²) >= 11 is 0. The average molecular weight is 545 g/mol. The van der Waals surface area contributed by atoms with Crippen LogP contribution in [0.3, 0.4) is 0 Å². The molecule has 2 aromatic heterocycles. The number of aromatic nitrogens is 2. The van der Waals surface area contributed by atoms with E-state index in [0.29, 0.717) is 11.8 Å². The van der Waals surface area contributed by atoms with Crippen molar-refractivity contribution in [3.8, 4) is 0 Å². The van der Waals surface area contributed by atoms with Crippen LogP contribution >= 0.6 is 0 Å². The summed E-state index contributed by atoms with van der Waals surface area (Å²) in [4.78, 5) is 36.3. The SMILES string of the molecule is COC1CCC(n2cccc(N)c2=O)CC1.COC1CCC(n2cccc(NC(=O)OC(C)(C)C)c2=O)CC1. The molecule has 2 aromatic rings. The summed E-state index contributed by atoms with van der Waals surface area (Å²) in [6, 6.07) is 7.29. The van der Waals surface area contributed by atoms with Gasteiger partial charge in [-0.2, -0.15) is 0 Å². The van der Waals surface area contributed by atoms with E-state index < -0.39 is 11.7 Å². The molecule has 0 atom stereocenters. The van der Waals surface area contributed by atoms with Crippen molar-refractivity contribution in [1.29, 1.82) is 0 Å². The molecule has 4 rings (SSSR count). The number of methoxy groups -OCH3 is 2. The highest BCUT2D eigenvalue weighted by Gasteiger charge is 2.24. The Morgan fingerprint density at radius 2 is 1.28 bits per heavy atom. The molecule has 0 spiro atoms. The van der Waals surface area contributed by atoms with Crippen molar-refractivity contribution in [1.82, 2.24) is 9.13 Å². The van der Waals surface area contributed by atoms with Crippen LogP contribution in [-0.2, 0) is 14.2 Å². The van der Waals surface area contributed by atoms with E-state index in [1.54, 1.807) is 68.5 Å². The third kappa shape index (κ3) is 8.69. The van der Waals surface area contributed by atoms with Crippen LogP contribution in [0.15, 0.2) is 46.2 Å². The Labute approximate surface area is 230 Å². The number of hydrogen-bond acceptors (Lipinski definition) is 7. The first-order valence-electron chi connectivity index (χ1n) is 13.8. The Hall–Kier alpha value is -3.11. The smallest absolute Gasteiger partial charge is 0.412 e. The average Bonchev–Trinajstić information content (AvgIpc) is 2.91. The minimum atomic E-state index is -0.615. The minimum absolute atomic E-state index is 0.0663. The van der Waals surface area contributed by atoms with Crippen LogP contribution in [0.2, 0.25) is 0 Å². The second kappa shape index (κ2) is 13.8. The third-order valence-corrected chi connectivity index (χ3v) is 7.35. The lowest BCUT2D eigenvalue weighted by molar-refractivity contribution is 0.0579. The van der Waals surface area contributed by atoms with Gasteiger partial charge in [-0.25, -0.2) is 4.79 Å². The fourth-order valence-electron chi connectivity index (χ4n) is 5.24. The number of pyridine rings is 2. The maximum Gasteiger partial charge on any atom is 0.412 e. The molecule has 2 aliphatic rings. The summed E-state index contributed by atoms with van der Waals surface area (Å²) in [5.74, 6) is 0. The Balaban J connectivity index is 0.000000230. The first-order valence-corrected chi connectivity index (χ1v) is 13.8. The molecule has 216 valence electrons. The number of carbonyl (C=O) groups is 1. The molecule has 1 amide bonds. The van der Waals surface area contributed by atoms with Crippen LogP contribution in [0.25, 0.3) is 0 Å². The highest BCUT2D eigenvalue weighted by molar-refractivity contribution is 5.84. The summed E-state index contributed by atoms with van der Waals surface area (Å²) in [5.41, 5.74) is 5.34. The van der Waals surface area contributed by atoms with Crippen LogP contribution in [0, 0.1) is 0 Å². The zero-order valence-electron chi connectivity index (χ0n) is 23.9. The number of nitrogens with two attached hydrogens (primary N) is 1. The molecule has 2 heterocycles. The molecule has 0 aromatic carbocycles. The van der Waals surface area contributed by atoms with Crippen LogP contribution in [0.4, 0.5) is 16.2 Å². The molecular weight excluding hydrogens is 500 g/mol. The predicted octanol–water partition coefficient (Wildman–Crippen LogP) is 4.89. The third-order valence-electron chi connectivity index (χ3n) is 7.35. The zero-order valence-corrected chi connectivity index (χ0v) is 23.9. The zero-order chi connectivity index (χ0) is 28.6. The lowest BCUT2D eigenvalue weighted by Gasteiger charge is -2.29. The van der Waals surface area contributed by atoms with Gasteiger partial charge in [0.2, 0.25) is 0 Å². The van der Waals surface area contributed by atoms with Gasteiger partial charge >= 0.3 is 6.09 Å². The van der Waals surface area contributed by atoms with Crippen molar-refractivity contribution in [3.05, 3.63) is 57.4 Å². The van der Waals surface area contributed by atoms with Crippen molar-refractivity contribution < 1.29 is 19.0 Å². The molecule has 2 fully saturated rings. The largest absolute Gasteiger partial charge is 0.444 e. The van der Waals surface area contributed by atoms with Gasteiger partial charge in [-0.05, 0) is 96.4 Å². The number of carbonyl (C=O) groups excluding carboxylic acids is 1. The van der Waals surface area contributed by atoms with E-state index in [-0.39, 0.29) is 35.0 Å². The van der Waals surface area contributed by atoms with E-state index in [9.17, 15) is 14.4 Å². The van der Waals surface area contributed by atoms with Crippen LogP contribution in [0.1, 0.15) is 84.2 Å². The van der Waals surface area contributed by atoms with Gasteiger partial charge in [0, 0.05) is 38.7 Å². The van der Waals surface area contributed by atoms with Crippen molar-refractivity contribution in [2.24, 2.45) is 0 Å². The monoisotopic (exact) mass is 544 g/mol. The van der Waals surface area contributed by atoms with Gasteiger partial charge in [0.25, 0.3) is 11.1 Å². The summed E-state index contributed by atoms with van der Waals surface area (Å²) in [6.45, 7) is 5.35. The highest BCUT2D eigenvalue weighted by Crippen LogP contribution is 2.30. The van der Waals surface area contributed by atoms with Gasteiger partial charge in [-0.1, -0.05) is 0 Å². The van der Waals surface area contributed by atoms with Gasteiger partial charge in [0.1, 0.15) is 11.3 Å². The number of rotatable bonds is 5. The molecule has 0 saturated heterocycles. The molecular formula is C29H44N4O6. The van der Waals surface area contributed by atoms with Crippen molar-refractivity contribution >= 4 is 17.5 Å². The molecule has 3 N–H and O–H groups in total. The summed E-state index contributed by atoms with van der Waals surface area (Å²) in [6.07, 6.45) is 11.3. The molecule has 10 nitrogen and oxygen atoms in total. The topological polar surface area (TPSA) is 127 Å². The van der Waals surface area contributed by atoms with E-state index >= 15 is 0 Å². The number of nitrogens with one attached hydrogen (secondary N) is 1. The minimum Gasteiger partial charge on any atom is -0.444 e. The summed E-state index contributed by atoms with van der Waals surface area (Å²) in [5, 5.41) is 2.55. The van der Waals surface area contributed by atoms with E-state index in [1.165, 1.54) is 0 Å². The first kappa shape index (κ1) is 30.4. The second-order valence-corrected chi connectivity index (χ2v) is 11.3. The molecule has 2 saturated carbocycles. The number of nitrogen functional groups attached to an aromatic ring is 1. The number of anilines is 2. The Bertz CT molecular complexity index is 1190. The number of ether oxygens (including phenoxy) is 3. The summed E-state index contributed by atoms with van der Waals surface area (Å²) in [7, 11) is 3.47. The lowest BCUT2D eigenvalue weighted by Crippen LogP contribution is -2.33. The quantitative estimate of drug-likeness (QED) is 0.549. The van der Waals surface area contributed by atoms with Gasteiger partial charge in [0.15, 0.2) is 0 Å². The Kier molecular flexibility index (Phi) is 10.8. The molecule has 2 aliphatic carbocycles. The highest BCUT2D eigenvalue weighted by atomic mass is 16.6. The molecule has 0 aliphatic heterocycles. The van der Waals surface area contributed by atoms with Gasteiger partial charge < -0.3 is 29.1 Å². The van der Waals surface area contributed by atoms with E-state index in [1.807, 2.05) is 12.3 Å². The van der Waals surface area contributed by atoms with Crippen LogP contribution in [0.5, 0.6) is 0 Å². The van der Waals surface area contributed by atoms with Crippen molar-refractivity contribution in [3.63, 3.8) is 0 Å². The lowest BCUT2D eigenvalue weighted by atomic mass is 9.92. The summed E-state index contributed by atoms with van der Waals surface area (Å²) < 4.78 is 19.4. The van der Waals surface area contributed by atoms with Crippen LogP contribution < -0.4 is 22.2 Å². The maximum absolute atomic E-state index is 12.6. The van der Waals surface area contributed by atoms with Crippen molar-refractivity contribution in [2.45, 2.75) is 102 Å². The van der Waals surface area contributed by atoms with Gasteiger partial charge in [-0.15, -0.1) is 0 Å². The number of nitrogens with zero attached hydrogens (tertiary/aromatic N) is 2. The van der Waals surface area contributed by atoms with Gasteiger partial charge in [0.05, 0.1) is 17.9 Å². The maximum atomic E-state index is 12.6. The molecule has 0 unspecified atom stereocenters. The van der Waals surface area contributed by atoms with E-state index in [2.05, 4.69) is 5.32 Å². The van der Waals surface area contributed by atoms with Gasteiger partial charge in [-0.3, -0.25) is 14.9 Å². The number of amides is 1. The Morgan fingerprint density at radius 3 is 1.74 bits per heavy atom. The molecule has 10 heteroatoms. The standard InChI is InChI=1S/C17H26N2O4.C12H18N2O2/c1-17(2,3)23-16(21)18-14-6-5-11-19(15(14)20)12-7-9-13(22-4)10-8-12;1-16-10-6-4-9(5-7-10)14-8-2-3-11(13)12(14)15/h5-6,11-13H,7-10H2,1-4H3,(H,18,21);2-3,8-10H,4-7,13H2,1H3. The van der Waals surface area contributed by atoms with Crippen LogP contribution in [-0.4, -0.2) is 47.3 Å². The van der Waals surface area contributed by atoms with E-state index in [0.717, 1.165) is 51.4 Å². The second-order valence-electron chi connectivity index (χ2n) is 11.3.